The van der Waals surface area contributed by atoms with Crippen molar-refractivity contribution in [3.8, 4) is 0 Å². The van der Waals surface area contributed by atoms with Crippen LogP contribution >= 0.6 is 0 Å². The van der Waals surface area contributed by atoms with Crippen molar-refractivity contribution in [3.05, 3.63) is 47.8 Å². The molecule has 0 aliphatic carbocycles. The molecule has 0 fully saturated rings. The number of nitrogens with zero attached hydrogens (tertiary/aromatic N) is 2. The molecule has 4 nitrogen and oxygen atoms in total. The molecule has 0 radical (unpaired) electrons. The van der Waals surface area contributed by atoms with Crippen molar-refractivity contribution in [2.24, 2.45) is 0 Å². The molecule has 0 aliphatic rings. The van der Waals surface area contributed by atoms with E-state index in [1.165, 1.54) is 17.5 Å². The van der Waals surface area contributed by atoms with Gasteiger partial charge in [-0.05, 0) is 17.5 Å². The fourth-order valence-electron chi connectivity index (χ4n) is 1.73. The lowest BCUT2D eigenvalue weighted by molar-refractivity contribution is 1.03. The van der Waals surface area contributed by atoms with Crippen molar-refractivity contribution < 1.29 is 0 Å². The molecule has 0 unspecified atom stereocenters. The van der Waals surface area contributed by atoms with E-state index in [1.54, 1.807) is 6.07 Å². The lowest BCUT2D eigenvalue weighted by atomic mass is 10.1. The highest BCUT2D eigenvalue weighted by Gasteiger charge is 2.00. The van der Waals surface area contributed by atoms with Crippen molar-refractivity contribution in [2.45, 2.75) is 19.9 Å². The number of aryl methyl sites for hydroxylation is 1. The summed E-state index contributed by atoms with van der Waals surface area (Å²) in [6, 6.07) is 10.1. The second-order valence-corrected chi connectivity index (χ2v) is 3.80. The van der Waals surface area contributed by atoms with Crippen LogP contribution in [0.1, 0.15) is 18.1 Å². The smallest absolute Gasteiger partial charge is 0.131 e. The Labute approximate surface area is 101 Å². The Hall–Kier alpha value is -2.10. The van der Waals surface area contributed by atoms with Crippen LogP contribution < -0.4 is 11.1 Å². The van der Waals surface area contributed by atoms with Gasteiger partial charge in [0.05, 0.1) is 0 Å². The second kappa shape index (κ2) is 5.30. The highest BCUT2D eigenvalue weighted by Crippen LogP contribution is 2.12. The maximum absolute atomic E-state index is 5.59. The largest absolute Gasteiger partial charge is 0.384 e. The van der Waals surface area contributed by atoms with Gasteiger partial charge in [0.15, 0.2) is 0 Å². The predicted octanol–water partition coefficient (Wildman–Crippen LogP) is 2.23. The molecule has 0 amide bonds. The van der Waals surface area contributed by atoms with E-state index in [4.69, 9.17) is 5.73 Å². The third-order valence-electron chi connectivity index (χ3n) is 2.65. The van der Waals surface area contributed by atoms with Crippen LogP contribution in [0.5, 0.6) is 0 Å². The van der Waals surface area contributed by atoms with E-state index in [-0.39, 0.29) is 0 Å². The quantitative estimate of drug-likeness (QED) is 0.842. The summed E-state index contributed by atoms with van der Waals surface area (Å²) in [4.78, 5) is 7.96. The molecule has 1 aromatic heterocycles. The first-order valence-corrected chi connectivity index (χ1v) is 5.67. The lowest BCUT2D eigenvalue weighted by Gasteiger charge is -2.09. The van der Waals surface area contributed by atoms with Crippen LogP contribution in [0.3, 0.4) is 0 Å². The van der Waals surface area contributed by atoms with Crippen LogP contribution in [-0.4, -0.2) is 9.97 Å². The Bertz CT molecular complexity index is 496. The van der Waals surface area contributed by atoms with E-state index in [9.17, 15) is 0 Å². The van der Waals surface area contributed by atoms with Gasteiger partial charge in [-0.1, -0.05) is 31.2 Å². The summed E-state index contributed by atoms with van der Waals surface area (Å²) < 4.78 is 0. The van der Waals surface area contributed by atoms with E-state index in [0.717, 1.165) is 18.8 Å². The third-order valence-corrected chi connectivity index (χ3v) is 2.65. The van der Waals surface area contributed by atoms with E-state index < -0.39 is 0 Å². The van der Waals surface area contributed by atoms with Gasteiger partial charge in [-0.15, -0.1) is 0 Å². The van der Waals surface area contributed by atoms with Crippen molar-refractivity contribution in [3.63, 3.8) is 0 Å². The summed E-state index contributed by atoms with van der Waals surface area (Å²) in [5, 5.41) is 3.25. The molecule has 0 saturated carbocycles. The molecule has 88 valence electrons. The maximum atomic E-state index is 5.59. The monoisotopic (exact) mass is 228 g/mol. The first-order valence-electron chi connectivity index (χ1n) is 5.67. The second-order valence-electron chi connectivity index (χ2n) is 3.80. The molecule has 1 aromatic carbocycles. The third kappa shape index (κ3) is 2.93. The number of anilines is 2. The number of aromatic nitrogens is 2. The number of benzene rings is 1. The number of rotatable bonds is 4. The molecule has 0 spiro atoms. The molecular weight excluding hydrogens is 212 g/mol. The zero-order valence-corrected chi connectivity index (χ0v) is 9.85. The summed E-state index contributed by atoms with van der Waals surface area (Å²) in [6.45, 7) is 2.90. The summed E-state index contributed by atoms with van der Waals surface area (Å²) in [5.41, 5.74) is 8.23. The predicted molar refractivity (Wildman–Crippen MR) is 69.6 cm³/mol. The Balaban J connectivity index is 2.07. The fourth-order valence-corrected chi connectivity index (χ4v) is 1.73. The van der Waals surface area contributed by atoms with E-state index >= 15 is 0 Å². The van der Waals surface area contributed by atoms with Crippen LogP contribution in [0, 0.1) is 0 Å². The number of hydrogen-bond acceptors (Lipinski definition) is 4. The van der Waals surface area contributed by atoms with Crippen molar-refractivity contribution in [1.29, 1.82) is 0 Å². The summed E-state index contributed by atoms with van der Waals surface area (Å²) in [5.74, 6) is 1.23. The minimum atomic E-state index is 0.478. The standard InChI is InChI=1S/C13H16N4/c1-2-10-5-3-4-6-11(10)8-15-13-7-12(14)16-9-17-13/h3-7,9H,2,8H2,1H3,(H3,14,15,16,17). The Morgan fingerprint density at radius 1 is 1.18 bits per heavy atom. The zero-order chi connectivity index (χ0) is 12.1. The first-order chi connectivity index (χ1) is 8.29. The minimum Gasteiger partial charge on any atom is -0.384 e. The molecule has 0 saturated heterocycles. The maximum Gasteiger partial charge on any atom is 0.131 e. The van der Waals surface area contributed by atoms with Gasteiger partial charge in [-0.2, -0.15) is 0 Å². The van der Waals surface area contributed by atoms with Gasteiger partial charge in [0.25, 0.3) is 0 Å². The van der Waals surface area contributed by atoms with Gasteiger partial charge < -0.3 is 11.1 Å². The highest BCUT2D eigenvalue weighted by molar-refractivity contribution is 5.44. The SMILES string of the molecule is CCc1ccccc1CNc1cc(N)ncn1. The molecule has 0 aliphatic heterocycles. The number of nitrogens with two attached hydrogens (primary N) is 1. The highest BCUT2D eigenvalue weighted by atomic mass is 15.0. The molecular formula is C13H16N4. The topological polar surface area (TPSA) is 63.8 Å². The summed E-state index contributed by atoms with van der Waals surface area (Å²) in [6.07, 6.45) is 2.49. The van der Waals surface area contributed by atoms with Gasteiger partial charge in [0.1, 0.15) is 18.0 Å². The van der Waals surface area contributed by atoms with Gasteiger partial charge in [0.2, 0.25) is 0 Å². The van der Waals surface area contributed by atoms with Gasteiger partial charge in [-0.25, -0.2) is 9.97 Å². The van der Waals surface area contributed by atoms with Crippen molar-refractivity contribution >= 4 is 11.6 Å². The Morgan fingerprint density at radius 2 is 1.94 bits per heavy atom. The Morgan fingerprint density at radius 3 is 2.65 bits per heavy atom. The average molecular weight is 228 g/mol. The zero-order valence-electron chi connectivity index (χ0n) is 9.85. The lowest BCUT2D eigenvalue weighted by Crippen LogP contribution is -2.04. The van der Waals surface area contributed by atoms with Gasteiger partial charge >= 0.3 is 0 Å². The van der Waals surface area contributed by atoms with E-state index in [1.807, 2.05) is 6.07 Å². The van der Waals surface area contributed by atoms with Crippen molar-refractivity contribution in [1.82, 2.24) is 9.97 Å². The molecule has 2 aromatic rings. The van der Waals surface area contributed by atoms with Gasteiger partial charge in [-0.3, -0.25) is 0 Å². The number of nitrogen functional groups attached to an aromatic ring is 1. The van der Waals surface area contributed by atoms with Crippen LogP contribution in [0.4, 0.5) is 11.6 Å². The summed E-state index contributed by atoms with van der Waals surface area (Å²) in [7, 11) is 0. The normalized spacial score (nSPS) is 10.2. The van der Waals surface area contributed by atoms with Crippen molar-refractivity contribution in [2.75, 3.05) is 11.1 Å². The molecule has 1 heterocycles. The van der Waals surface area contributed by atoms with Crippen LogP contribution in [-0.2, 0) is 13.0 Å². The minimum absolute atomic E-state index is 0.478. The Kier molecular flexibility index (Phi) is 3.55. The molecule has 4 heteroatoms. The molecule has 2 rings (SSSR count). The molecule has 0 atom stereocenters. The molecule has 17 heavy (non-hydrogen) atoms. The van der Waals surface area contributed by atoms with Gasteiger partial charge in [0, 0.05) is 12.6 Å². The number of nitrogens with one attached hydrogen (secondary N) is 1. The van der Waals surface area contributed by atoms with E-state index in [2.05, 4.69) is 40.4 Å². The molecule has 0 bridgehead atoms. The van der Waals surface area contributed by atoms with E-state index in [0.29, 0.717) is 5.82 Å². The average Bonchev–Trinajstić information content (AvgIpc) is 2.37. The van der Waals surface area contributed by atoms with Crippen LogP contribution in [0.2, 0.25) is 0 Å². The fraction of sp³-hybridized carbons (Fsp3) is 0.231. The first kappa shape index (κ1) is 11.4. The number of hydrogen-bond donors (Lipinski definition) is 2. The van der Waals surface area contributed by atoms with Crippen LogP contribution in [0.25, 0.3) is 0 Å². The van der Waals surface area contributed by atoms with Crippen LogP contribution in [0.15, 0.2) is 36.7 Å². The summed E-state index contributed by atoms with van der Waals surface area (Å²) >= 11 is 0. The molecule has 3 N–H and O–H groups in total.